The molecule has 0 aromatic heterocycles. The van der Waals surface area contributed by atoms with Gasteiger partial charge in [-0.15, -0.1) is 0 Å². The van der Waals surface area contributed by atoms with Crippen LogP contribution in [0, 0.1) is 0 Å². The average molecular weight is 351 g/mol. The fourth-order valence-corrected chi connectivity index (χ4v) is 2.84. The maximum absolute atomic E-state index is 4.87. The van der Waals surface area contributed by atoms with Crippen molar-refractivity contribution in [2.75, 3.05) is 6.54 Å². The maximum Gasteiger partial charge on any atom is 0.0228 e. The number of rotatable bonds is 16. The van der Waals surface area contributed by atoms with E-state index < -0.39 is 0 Å². The smallest absolute Gasteiger partial charge is 0.0228 e. The van der Waals surface area contributed by atoms with Crippen molar-refractivity contribution in [1.82, 2.24) is 5.48 Å². The summed E-state index contributed by atoms with van der Waals surface area (Å²) in [6.07, 6.45) is 19.5. The molecule has 1 aromatic rings. The standard InChI is InChI=1S/C16H36N2O.C6H6/c1-2-3-4-5-6-7-8-9-10-11-12-13-14-15-16-18-19-17;1-2-4-6-5-3-1/h18H,2-17H2,1H3;1-6H. The van der Waals surface area contributed by atoms with E-state index in [0.29, 0.717) is 0 Å². The summed E-state index contributed by atoms with van der Waals surface area (Å²) in [4.78, 5) is 4.31. The summed E-state index contributed by atoms with van der Waals surface area (Å²) >= 11 is 0. The predicted octanol–water partition coefficient (Wildman–Crippen LogP) is 6.55. The van der Waals surface area contributed by atoms with Gasteiger partial charge in [-0.05, 0) is 6.42 Å². The second-order valence-electron chi connectivity index (χ2n) is 6.76. The lowest BCUT2D eigenvalue weighted by Gasteiger charge is -2.03. The first kappa shape index (κ1) is 24.1. The van der Waals surface area contributed by atoms with E-state index in [-0.39, 0.29) is 0 Å². The van der Waals surface area contributed by atoms with Gasteiger partial charge in [0.15, 0.2) is 0 Å². The molecule has 0 radical (unpaired) electrons. The molecular formula is C22H42N2O. The minimum atomic E-state index is 0.870. The van der Waals surface area contributed by atoms with Gasteiger partial charge < -0.3 is 0 Å². The Morgan fingerprint density at radius 1 is 0.560 bits per heavy atom. The third-order valence-electron chi connectivity index (χ3n) is 4.38. The molecule has 0 saturated heterocycles. The SMILES string of the molecule is CCCCCCCCCCCCCCCCNON.c1ccccc1. The van der Waals surface area contributed by atoms with Gasteiger partial charge >= 0.3 is 0 Å². The minimum Gasteiger partial charge on any atom is -0.217 e. The first-order valence-electron chi connectivity index (χ1n) is 10.5. The molecule has 0 aliphatic carbocycles. The lowest BCUT2D eigenvalue weighted by Crippen LogP contribution is -2.19. The largest absolute Gasteiger partial charge is 0.217 e. The molecule has 0 fully saturated rings. The molecule has 0 bridgehead atoms. The van der Waals surface area contributed by atoms with Crippen LogP contribution in [-0.4, -0.2) is 6.54 Å². The van der Waals surface area contributed by atoms with Gasteiger partial charge in [-0.3, -0.25) is 0 Å². The zero-order chi connectivity index (χ0) is 18.3. The van der Waals surface area contributed by atoms with Gasteiger partial charge in [-0.2, -0.15) is 11.4 Å². The lowest BCUT2D eigenvalue weighted by atomic mass is 10.0. The number of benzene rings is 1. The van der Waals surface area contributed by atoms with Crippen LogP contribution in [0.4, 0.5) is 0 Å². The Kier molecular flexibility index (Phi) is 22.3. The Bertz CT molecular complexity index is 276. The molecule has 0 amide bonds. The minimum absolute atomic E-state index is 0.870. The average Bonchev–Trinajstić information content (AvgIpc) is 2.67. The van der Waals surface area contributed by atoms with Crippen LogP contribution in [0.1, 0.15) is 96.8 Å². The van der Waals surface area contributed by atoms with Crippen molar-refractivity contribution in [3.63, 3.8) is 0 Å². The van der Waals surface area contributed by atoms with E-state index in [1.807, 2.05) is 36.4 Å². The Balaban J connectivity index is 0.000000796. The molecule has 3 N–H and O–H groups in total. The summed E-state index contributed by atoms with van der Waals surface area (Å²) in [6, 6.07) is 12.0. The van der Waals surface area contributed by atoms with Gasteiger partial charge in [0.05, 0.1) is 0 Å². The van der Waals surface area contributed by atoms with Crippen molar-refractivity contribution in [3.8, 4) is 0 Å². The normalized spacial score (nSPS) is 10.3. The van der Waals surface area contributed by atoms with Crippen molar-refractivity contribution in [2.45, 2.75) is 96.8 Å². The van der Waals surface area contributed by atoms with E-state index in [1.54, 1.807) is 0 Å². The quantitative estimate of drug-likeness (QED) is 0.262. The van der Waals surface area contributed by atoms with Crippen molar-refractivity contribution < 1.29 is 4.94 Å². The Hall–Kier alpha value is -0.900. The lowest BCUT2D eigenvalue weighted by molar-refractivity contribution is 0.0400. The first-order valence-corrected chi connectivity index (χ1v) is 10.5. The van der Waals surface area contributed by atoms with Crippen LogP contribution in [0.25, 0.3) is 0 Å². The highest BCUT2D eigenvalue weighted by Crippen LogP contribution is 2.12. The molecular weight excluding hydrogens is 308 g/mol. The molecule has 1 aromatic carbocycles. The molecule has 146 valence electrons. The summed E-state index contributed by atoms with van der Waals surface area (Å²) < 4.78 is 0. The van der Waals surface area contributed by atoms with Crippen LogP contribution in [-0.2, 0) is 4.94 Å². The molecule has 0 atom stereocenters. The van der Waals surface area contributed by atoms with E-state index in [4.69, 9.17) is 5.90 Å². The van der Waals surface area contributed by atoms with Gasteiger partial charge in [0.1, 0.15) is 0 Å². The molecule has 1 rings (SSSR count). The maximum atomic E-state index is 4.87. The molecule has 3 nitrogen and oxygen atoms in total. The molecule has 25 heavy (non-hydrogen) atoms. The van der Waals surface area contributed by atoms with Crippen LogP contribution in [0.5, 0.6) is 0 Å². The van der Waals surface area contributed by atoms with Crippen LogP contribution < -0.4 is 11.4 Å². The van der Waals surface area contributed by atoms with Gasteiger partial charge in [0, 0.05) is 6.54 Å². The number of unbranched alkanes of at least 4 members (excludes halogenated alkanes) is 13. The van der Waals surface area contributed by atoms with Crippen molar-refractivity contribution in [1.29, 1.82) is 0 Å². The van der Waals surface area contributed by atoms with E-state index >= 15 is 0 Å². The summed E-state index contributed by atoms with van der Waals surface area (Å²) in [5.41, 5.74) is 2.67. The Morgan fingerprint density at radius 3 is 1.20 bits per heavy atom. The van der Waals surface area contributed by atoms with Crippen LogP contribution in [0.2, 0.25) is 0 Å². The summed E-state index contributed by atoms with van der Waals surface area (Å²) in [6.45, 7) is 3.15. The fourth-order valence-electron chi connectivity index (χ4n) is 2.84. The summed E-state index contributed by atoms with van der Waals surface area (Å²) in [5, 5.41) is 0. The topological polar surface area (TPSA) is 47.3 Å². The van der Waals surface area contributed by atoms with E-state index in [9.17, 15) is 0 Å². The Labute approximate surface area is 156 Å². The molecule has 3 heteroatoms. The molecule has 0 unspecified atom stereocenters. The summed E-state index contributed by atoms with van der Waals surface area (Å²) in [5.74, 6) is 4.87. The molecule has 0 saturated carbocycles. The van der Waals surface area contributed by atoms with Gasteiger partial charge in [-0.1, -0.05) is 127 Å². The monoisotopic (exact) mass is 350 g/mol. The van der Waals surface area contributed by atoms with E-state index in [0.717, 1.165) is 13.0 Å². The van der Waals surface area contributed by atoms with Crippen molar-refractivity contribution in [2.24, 2.45) is 5.90 Å². The zero-order valence-electron chi connectivity index (χ0n) is 16.6. The predicted molar refractivity (Wildman–Crippen MR) is 110 cm³/mol. The Morgan fingerprint density at radius 2 is 0.880 bits per heavy atom. The highest BCUT2D eigenvalue weighted by atomic mass is 16.8. The van der Waals surface area contributed by atoms with E-state index in [1.165, 1.54) is 83.5 Å². The zero-order valence-corrected chi connectivity index (χ0v) is 16.6. The highest BCUT2D eigenvalue weighted by Gasteiger charge is 1.94. The van der Waals surface area contributed by atoms with Crippen LogP contribution >= 0.6 is 0 Å². The number of nitrogens with one attached hydrogen (secondary N) is 1. The summed E-state index contributed by atoms with van der Waals surface area (Å²) in [7, 11) is 0. The van der Waals surface area contributed by atoms with Crippen molar-refractivity contribution >= 4 is 0 Å². The fraction of sp³-hybridized carbons (Fsp3) is 0.727. The van der Waals surface area contributed by atoms with Crippen LogP contribution in [0.3, 0.4) is 0 Å². The molecule has 0 aliphatic rings. The third kappa shape index (κ3) is 23.1. The number of hydrogen-bond donors (Lipinski definition) is 2. The van der Waals surface area contributed by atoms with E-state index in [2.05, 4.69) is 17.3 Å². The number of hydroxylamine groups is 1. The number of nitrogens with two attached hydrogens (primary N) is 1. The second kappa shape index (κ2) is 23.1. The van der Waals surface area contributed by atoms with Crippen molar-refractivity contribution in [3.05, 3.63) is 36.4 Å². The highest BCUT2D eigenvalue weighted by molar-refractivity contribution is 4.99. The number of hydrogen-bond acceptors (Lipinski definition) is 3. The molecule has 0 spiro atoms. The third-order valence-corrected chi connectivity index (χ3v) is 4.38. The van der Waals surface area contributed by atoms with Gasteiger partial charge in [-0.25, -0.2) is 4.94 Å². The second-order valence-corrected chi connectivity index (χ2v) is 6.76. The van der Waals surface area contributed by atoms with Gasteiger partial charge in [0.2, 0.25) is 0 Å². The van der Waals surface area contributed by atoms with Crippen LogP contribution in [0.15, 0.2) is 36.4 Å². The van der Waals surface area contributed by atoms with Gasteiger partial charge in [0.25, 0.3) is 0 Å². The first-order chi connectivity index (χ1) is 12.4. The molecule has 0 heterocycles. The molecule has 0 aliphatic heterocycles.